The second kappa shape index (κ2) is 8.48. The molecule has 0 saturated heterocycles. The van der Waals surface area contributed by atoms with E-state index < -0.39 is 27.3 Å². The minimum Gasteiger partial charge on any atom is -0.268 e. The fourth-order valence-electron chi connectivity index (χ4n) is 3.36. The van der Waals surface area contributed by atoms with E-state index in [1.165, 1.54) is 4.68 Å². The molecule has 1 amide bonds. The molecule has 3 aromatic carbocycles. The van der Waals surface area contributed by atoms with Crippen LogP contribution in [0.2, 0.25) is 10.0 Å². The molecule has 11 heteroatoms. The number of rotatable bonds is 4. The molecule has 4 rings (SSSR count). The number of benzene rings is 3. The van der Waals surface area contributed by atoms with Gasteiger partial charge in [-0.3, -0.25) is 4.79 Å². The first kappa shape index (κ1) is 22.7. The van der Waals surface area contributed by atoms with E-state index in [-0.39, 0.29) is 10.7 Å². The Morgan fingerprint density at radius 2 is 1.88 bits per heavy atom. The van der Waals surface area contributed by atoms with Crippen molar-refractivity contribution >= 4 is 50.0 Å². The van der Waals surface area contributed by atoms with Crippen molar-refractivity contribution in [3.8, 4) is 23.0 Å². The fraction of sp³-hybridized carbons (Fsp3) is 0.0455. The largest absolute Gasteiger partial charge is 0.268 e. The van der Waals surface area contributed by atoms with Crippen molar-refractivity contribution in [1.82, 2.24) is 14.5 Å². The lowest BCUT2D eigenvalue weighted by Gasteiger charge is -2.10. The van der Waals surface area contributed by atoms with Crippen LogP contribution < -0.4 is 4.72 Å². The summed E-state index contributed by atoms with van der Waals surface area (Å²) in [6.45, 7) is 0. The van der Waals surface area contributed by atoms with Crippen LogP contribution >= 0.6 is 23.2 Å². The summed E-state index contributed by atoms with van der Waals surface area (Å²) < 4.78 is 40.6. The van der Waals surface area contributed by atoms with E-state index in [0.29, 0.717) is 32.7 Å². The van der Waals surface area contributed by atoms with Crippen LogP contribution in [0.1, 0.15) is 15.9 Å². The monoisotopic (exact) mass is 502 g/mol. The Bertz CT molecular complexity index is 1590. The molecular formula is C22H13Cl2FN4O3S. The van der Waals surface area contributed by atoms with E-state index in [4.69, 9.17) is 23.2 Å². The maximum Gasteiger partial charge on any atom is 0.267 e. The van der Waals surface area contributed by atoms with Gasteiger partial charge in [0.15, 0.2) is 0 Å². The summed E-state index contributed by atoms with van der Waals surface area (Å²) in [7, 11) is -3.90. The Hall–Kier alpha value is -3.45. The molecule has 0 aliphatic heterocycles. The van der Waals surface area contributed by atoms with Gasteiger partial charge in [0.05, 0.1) is 39.7 Å². The van der Waals surface area contributed by atoms with E-state index in [1.54, 1.807) is 47.2 Å². The lowest BCUT2D eigenvalue weighted by atomic mass is 10.0. The average Bonchev–Trinajstić information content (AvgIpc) is 3.12. The molecule has 166 valence electrons. The van der Waals surface area contributed by atoms with Crippen molar-refractivity contribution in [2.45, 2.75) is 0 Å². The molecule has 7 nitrogen and oxygen atoms in total. The highest BCUT2D eigenvalue weighted by molar-refractivity contribution is 7.89. The van der Waals surface area contributed by atoms with Gasteiger partial charge < -0.3 is 0 Å². The van der Waals surface area contributed by atoms with Gasteiger partial charge in [-0.15, -0.1) is 0 Å². The lowest BCUT2D eigenvalue weighted by Crippen LogP contribution is -2.30. The number of carbonyl (C=O) groups is 1. The summed E-state index contributed by atoms with van der Waals surface area (Å²) in [4.78, 5) is 12.1. The van der Waals surface area contributed by atoms with Crippen molar-refractivity contribution in [3.05, 3.63) is 81.6 Å². The zero-order chi connectivity index (χ0) is 23.9. The predicted molar refractivity (Wildman–Crippen MR) is 124 cm³/mol. The van der Waals surface area contributed by atoms with Gasteiger partial charge in [-0.05, 0) is 30.3 Å². The molecule has 0 fully saturated rings. The van der Waals surface area contributed by atoms with Crippen LogP contribution in [0.25, 0.3) is 27.8 Å². The Balaban J connectivity index is 1.94. The molecule has 0 bridgehead atoms. The van der Waals surface area contributed by atoms with Crippen molar-refractivity contribution in [1.29, 1.82) is 5.26 Å². The van der Waals surface area contributed by atoms with Gasteiger partial charge in [-0.25, -0.2) is 22.2 Å². The molecule has 0 aliphatic rings. The Labute approximate surface area is 198 Å². The standard InChI is InChI=1S/C22H13Cl2FN4O3S/c1-33(31,32)28-22(30)15-9-17(24)20(10-18(15)25)29-19-7-6-13(23)8-16(19)21(27-29)14-5-3-2-4-12(14)11-26/h2-10H,1H3,(H,28,30). The summed E-state index contributed by atoms with van der Waals surface area (Å²) in [5.41, 5.74) is 1.46. The lowest BCUT2D eigenvalue weighted by molar-refractivity contribution is 0.0978. The molecule has 0 spiro atoms. The van der Waals surface area contributed by atoms with Gasteiger partial charge in [0.1, 0.15) is 11.5 Å². The van der Waals surface area contributed by atoms with Gasteiger partial charge in [-0.1, -0.05) is 41.4 Å². The molecule has 1 N–H and O–H groups in total. The van der Waals surface area contributed by atoms with Gasteiger partial charge in [0, 0.05) is 22.0 Å². The van der Waals surface area contributed by atoms with Gasteiger partial charge in [0.25, 0.3) is 5.91 Å². The number of amides is 1. The van der Waals surface area contributed by atoms with Crippen LogP contribution in [0.5, 0.6) is 0 Å². The quantitative estimate of drug-likeness (QED) is 0.435. The zero-order valence-electron chi connectivity index (χ0n) is 16.8. The summed E-state index contributed by atoms with van der Waals surface area (Å²) in [5, 5.41) is 15.1. The first-order valence-electron chi connectivity index (χ1n) is 9.28. The smallest absolute Gasteiger partial charge is 0.267 e. The van der Waals surface area contributed by atoms with Crippen LogP contribution in [0.4, 0.5) is 4.39 Å². The number of nitrogens with zero attached hydrogens (tertiary/aromatic N) is 3. The van der Waals surface area contributed by atoms with E-state index >= 15 is 0 Å². The number of sulfonamides is 1. The number of aromatic nitrogens is 2. The molecule has 0 saturated carbocycles. The zero-order valence-corrected chi connectivity index (χ0v) is 19.1. The summed E-state index contributed by atoms with van der Waals surface area (Å²) in [6.07, 6.45) is 0.778. The predicted octanol–water partition coefficient (Wildman–Crippen LogP) is 4.70. The molecule has 33 heavy (non-hydrogen) atoms. The Kier molecular flexibility index (Phi) is 5.84. The highest BCUT2D eigenvalue weighted by Crippen LogP contribution is 2.35. The van der Waals surface area contributed by atoms with Crippen molar-refractivity contribution in [2.75, 3.05) is 6.26 Å². The third-order valence-corrected chi connectivity index (χ3v) is 5.83. The van der Waals surface area contributed by atoms with Crippen LogP contribution in [-0.4, -0.2) is 30.4 Å². The molecule has 0 unspecified atom stereocenters. The number of fused-ring (bicyclic) bond motifs is 1. The van der Waals surface area contributed by atoms with E-state index in [1.807, 2.05) is 0 Å². The summed E-state index contributed by atoms with van der Waals surface area (Å²) in [6, 6.07) is 15.9. The summed E-state index contributed by atoms with van der Waals surface area (Å²) in [5.74, 6) is -2.14. The summed E-state index contributed by atoms with van der Waals surface area (Å²) >= 11 is 12.6. The normalized spacial score (nSPS) is 11.4. The third-order valence-electron chi connectivity index (χ3n) is 4.73. The minimum absolute atomic E-state index is 0.0467. The first-order chi connectivity index (χ1) is 15.6. The molecule has 0 atom stereocenters. The second-order valence-electron chi connectivity index (χ2n) is 7.07. The SMILES string of the molecule is CS(=O)(=O)NC(=O)c1cc(Cl)c(-n2nc(-c3ccccc3C#N)c3cc(Cl)ccc32)cc1F. The van der Waals surface area contributed by atoms with Crippen LogP contribution in [0, 0.1) is 17.1 Å². The number of hydrogen-bond donors (Lipinski definition) is 1. The number of carbonyl (C=O) groups excluding carboxylic acids is 1. The highest BCUT2D eigenvalue weighted by Gasteiger charge is 2.22. The molecule has 1 heterocycles. The average molecular weight is 503 g/mol. The van der Waals surface area contributed by atoms with E-state index in [0.717, 1.165) is 18.4 Å². The van der Waals surface area contributed by atoms with Crippen molar-refractivity contribution < 1.29 is 17.6 Å². The van der Waals surface area contributed by atoms with Gasteiger partial charge in [0.2, 0.25) is 10.0 Å². The van der Waals surface area contributed by atoms with Crippen molar-refractivity contribution in [3.63, 3.8) is 0 Å². The Morgan fingerprint density at radius 3 is 2.58 bits per heavy atom. The Morgan fingerprint density at radius 1 is 1.15 bits per heavy atom. The van der Waals surface area contributed by atoms with Crippen LogP contribution in [-0.2, 0) is 10.0 Å². The second-order valence-corrected chi connectivity index (χ2v) is 9.66. The number of nitrogens with one attached hydrogen (secondary N) is 1. The van der Waals surface area contributed by atoms with E-state index in [2.05, 4.69) is 11.2 Å². The number of halogens is 3. The highest BCUT2D eigenvalue weighted by atomic mass is 35.5. The maximum atomic E-state index is 14.8. The van der Waals surface area contributed by atoms with E-state index in [9.17, 15) is 22.9 Å². The van der Waals surface area contributed by atoms with Crippen LogP contribution in [0.15, 0.2) is 54.6 Å². The van der Waals surface area contributed by atoms with Crippen LogP contribution in [0.3, 0.4) is 0 Å². The molecule has 0 aliphatic carbocycles. The van der Waals surface area contributed by atoms with Gasteiger partial charge >= 0.3 is 0 Å². The number of nitriles is 1. The maximum absolute atomic E-state index is 14.8. The molecule has 0 radical (unpaired) electrons. The topological polar surface area (TPSA) is 105 Å². The fourth-order valence-corrected chi connectivity index (χ4v) is 4.22. The minimum atomic E-state index is -3.90. The third kappa shape index (κ3) is 4.41. The van der Waals surface area contributed by atoms with Gasteiger partial charge in [-0.2, -0.15) is 10.4 Å². The number of hydrogen-bond acceptors (Lipinski definition) is 5. The molecule has 4 aromatic rings. The molecule has 1 aromatic heterocycles. The molecular weight excluding hydrogens is 490 g/mol. The van der Waals surface area contributed by atoms with Crippen molar-refractivity contribution in [2.24, 2.45) is 0 Å². The first-order valence-corrected chi connectivity index (χ1v) is 11.9.